The number of hydrogen-bond acceptors (Lipinski definition) is 3. The minimum Gasteiger partial charge on any atom is -0.481 e. The molecule has 0 amide bonds. The van der Waals surface area contributed by atoms with Gasteiger partial charge in [-0.1, -0.05) is 37.3 Å². The molecule has 2 aromatic rings. The number of Topliss-reactive ketones (excluding diaryl/α,β-unsaturated/α-hetero) is 1. The van der Waals surface area contributed by atoms with Crippen molar-refractivity contribution >= 4 is 11.8 Å². The molecular formula is C20H23NO3. The van der Waals surface area contributed by atoms with E-state index in [0.717, 1.165) is 18.4 Å². The molecule has 0 aliphatic carbocycles. The summed E-state index contributed by atoms with van der Waals surface area (Å²) in [4.78, 5) is 27.8. The largest absolute Gasteiger partial charge is 0.481 e. The Kier molecular flexibility index (Phi) is 6.67. The van der Waals surface area contributed by atoms with E-state index in [1.165, 1.54) is 5.56 Å². The molecule has 0 saturated heterocycles. The zero-order valence-corrected chi connectivity index (χ0v) is 13.9. The van der Waals surface area contributed by atoms with Crippen LogP contribution in [0.2, 0.25) is 0 Å². The van der Waals surface area contributed by atoms with E-state index in [2.05, 4.69) is 4.98 Å². The number of ketones is 1. The molecule has 1 aromatic carbocycles. The molecule has 0 fully saturated rings. The summed E-state index contributed by atoms with van der Waals surface area (Å²) in [6.07, 6.45) is 5.28. The number of aliphatic carboxylic acids is 1. The molecule has 1 aromatic heterocycles. The van der Waals surface area contributed by atoms with Gasteiger partial charge < -0.3 is 5.11 Å². The quantitative estimate of drug-likeness (QED) is 0.765. The van der Waals surface area contributed by atoms with E-state index in [0.29, 0.717) is 6.42 Å². The highest BCUT2D eigenvalue weighted by atomic mass is 16.4. The van der Waals surface area contributed by atoms with E-state index in [4.69, 9.17) is 0 Å². The van der Waals surface area contributed by atoms with Crippen LogP contribution in [-0.2, 0) is 22.4 Å². The highest BCUT2D eigenvalue weighted by Crippen LogP contribution is 2.18. The Labute approximate surface area is 142 Å². The molecule has 4 heteroatoms. The van der Waals surface area contributed by atoms with Crippen molar-refractivity contribution < 1.29 is 14.7 Å². The third-order valence-corrected chi connectivity index (χ3v) is 4.29. The summed E-state index contributed by atoms with van der Waals surface area (Å²) < 4.78 is 0. The monoisotopic (exact) mass is 325 g/mol. The van der Waals surface area contributed by atoms with Crippen molar-refractivity contribution in [3.8, 4) is 0 Å². The van der Waals surface area contributed by atoms with Crippen LogP contribution < -0.4 is 0 Å². The fraction of sp³-hybridized carbons (Fsp3) is 0.350. The number of hydrogen-bond donors (Lipinski definition) is 1. The molecular weight excluding hydrogens is 302 g/mol. The standard InChI is InChI=1S/C20H23NO3/c1-15(7-8-16-5-3-2-4-6-16)19(22)14-18(20(23)24)13-17-9-11-21-12-10-17/h2-6,9-12,15,18H,7-8,13-14H2,1H3,(H,23,24)/t15-,18+/m0/s1. The van der Waals surface area contributed by atoms with Crippen LogP contribution >= 0.6 is 0 Å². The molecule has 24 heavy (non-hydrogen) atoms. The summed E-state index contributed by atoms with van der Waals surface area (Å²) >= 11 is 0. The summed E-state index contributed by atoms with van der Waals surface area (Å²) in [5.41, 5.74) is 2.09. The second-order valence-electron chi connectivity index (χ2n) is 6.19. The van der Waals surface area contributed by atoms with Crippen LogP contribution in [0.1, 0.15) is 30.9 Å². The van der Waals surface area contributed by atoms with Crippen molar-refractivity contribution in [2.75, 3.05) is 0 Å². The van der Waals surface area contributed by atoms with E-state index in [1.807, 2.05) is 37.3 Å². The Hall–Kier alpha value is -2.49. The van der Waals surface area contributed by atoms with Gasteiger partial charge in [-0.05, 0) is 42.5 Å². The van der Waals surface area contributed by atoms with Crippen molar-refractivity contribution in [3.63, 3.8) is 0 Å². The third-order valence-electron chi connectivity index (χ3n) is 4.29. The fourth-order valence-corrected chi connectivity index (χ4v) is 2.68. The van der Waals surface area contributed by atoms with Gasteiger partial charge in [0, 0.05) is 24.7 Å². The number of pyridine rings is 1. The first kappa shape index (κ1) is 17.9. The average molecular weight is 325 g/mol. The summed E-state index contributed by atoms with van der Waals surface area (Å²) in [6.45, 7) is 1.89. The molecule has 1 heterocycles. The van der Waals surface area contributed by atoms with E-state index in [9.17, 15) is 14.7 Å². The number of benzene rings is 1. The third kappa shape index (κ3) is 5.61. The lowest BCUT2D eigenvalue weighted by molar-refractivity contribution is -0.144. The Morgan fingerprint density at radius 1 is 1.04 bits per heavy atom. The molecule has 4 nitrogen and oxygen atoms in total. The van der Waals surface area contributed by atoms with Crippen LogP contribution in [0.25, 0.3) is 0 Å². The number of carboxylic acid groups (broad SMARTS) is 1. The number of carboxylic acids is 1. The van der Waals surface area contributed by atoms with Crippen molar-refractivity contribution in [3.05, 3.63) is 66.0 Å². The summed E-state index contributed by atoms with van der Waals surface area (Å²) in [5, 5.41) is 9.41. The van der Waals surface area contributed by atoms with E-state index >= 15 is 0 Å². The van der Waals surface area contributed by atoms with Gasteiger partial charge in [0.15, 0.2) is 0 Å². The Morgan fingerprint density at radius 3 is 2.33 bits per heavy atom. The molecule has 0 aliphatic heterocycles. The number of rotatable bonds is 9. The second kappa shape index (κ2) is 8.96. The average Bonchev–Trinajstić information content (AvgIpc) is 2.60. The van der Waals surface area contributed by atoms with Crippen LogP contribution in [0.4, 0.5) is 0 Å². The van der Waals surface area contributed by atoms with Crippen LogP contribution in [-0.4, -0.2) is 21.8 Å². The molecule has 0 aliphatic rings. The van der Waals surface area contributed by atoms with E-state index in [1.54, 1.807) is 24.5 Å². The van der Waals surface area contributed by atoms with Gasteiger partial charge in [-0.2, -0.15) is 0 Å². The zero-order chi connectivity index (χ0) is 17.4. The molecule has 0 bridgehead atoms. The summed E-state index contributed by atoms with van der Waals surface area (Å²) in [6, 6.07) is 13.6. The summed E-state index contributed by atoms with van der Waals surface area (Å²) in [7, 11) is 0. The lowest BCUT2D eigenvalue weighted by atomic mass is 9.88. The van der Waals surface area contributed by atoms with Gasteiger partial charge in [-0.3, -0.25) is 14.6 Å². The smallest absolute Gasteiger partial charge is 0.307 e. The first-order chi connectivity index (χ1) is 11.6. The molecule has 0 spiro atoms. The summed E-state index contributed by atoms with van der Waals surface area (Å²) in [5.74, 6) is -1.72. The highest BCUT2D eigenvalue weighted by Gasteiger charge is 2.24. The molecule has 1 N–H and O–H groups in total. The predicted octanol–water partition coefficient (Wildman–Crippen LogP) is 3.55. The molecule has 0 radical (unpaired) electrons. The highest BCUT2D eigenvalue weighted by molar-refractivity contribution is 5.85. The topological polar surface area (TPSA) is 67.3 Å². The molecule has 0 saturated carbocycles. The van der Waals surface area contributed by atoms with E-state index < -0.39 is 11.9 Å². The molecule has 0 unspecified atom stereocenters. The fourth-order valence-electron chi connectivity index (χ4n) is 2.68. The number of nitrogens with zero attached hydrogens (tertiary/aromatic N) is 1. The Morgan fingerprint density at radius 2 is 1.71 bits per heavy atom. The maximum Gasteiger partial charge on any atom is 0.307 e. The van der Waals surface area contributed by atoms with Crippen molar-refractivity contribution in [1.82, 2.24) is 4.98 Å². The zero-order valence-electron chi connectivity index (χ0n) is 13.9. The minimum atomic E-state index is -0.921. The lowest BCUT2D eigenvalue weighted by Gasteiger charge is -2.15. The number of aromatic nitrogens is 1. The van der Waals surface area contributed by atoms with E-state index in [-0.39, 0.29) is 18.1 Å². The predicted molar refractivity (Wildman–Crippen MR) is 92.6 cm³/mol. The lowest BCUT2D eigenvalue weighted by Crippen LogP contribution is -2.23. The maximum absolute atomic E-state index is 12.4. The van der Waals surface area contributed by atoms with Crippen molar-refractivity contribution in [2.45, 2.75) is 32.6 Å². The molecule has 2 rings (SSSR count). The van der Waals surface area contributed by atoms with Gasteiger partial charge in [0.2, 0.25) is 0 Å². The van der Waals surface area contributed by atoms with Crippen LogP contribution in [0, 0.1) is 11.8 Å². The first-order valence-corrected chi connectivity index (χ1v) is 8.24. The number of carbonyl (C=O) groups excluding carboxylic acids is 1. The van der Waals surface area contributed by atoms with Crippen LogP contribution in [0.3, 0.4) is 0 Å². The van der Waals surface area contributed by atoms with Crippen LogP contribution in [0.5, 0.6) is 0 Å². The maximum atomic E-state index is 12.4. The normalized spacial score (nSPS) is 13.2. The van der Waals surface area contributed by atoms with Crippen molar-refractivity contribution in [1.29, 1.82) is 0 Å². The van der Waals surface area contributed by atoms with Gasteiger partial charge >= 0.3 is 5.97 Å². The van der Waals surface area contributed by atoms with Gasteiger partial charge in [-0.25, -0.2) is 0 Å². The van der Waals surface area contributed by atoms with Gasteiger partial charge in [-0.15, -0.1) is 0 Å². The Balaban J connectivity index is 1.88. The molecule has 2 atom stereocenters. The Bertz CT molecular complexity index is 655. The number of carbonyl (C=O) groups is 2. The second-order valence-corrected chi connectivity index (χ2v) is 6.19. The van der Waals surface area contributed by atoms with Gasteiger partial charge in [0.25, 0.3) is 0 Å². The number of aryl methyl sites for hydroxylation is 1. The SMILES string of the molecule is C[C@@H](CCc1ccccc1)C(=O)C[C@@H](Cc1ccncc1)C(=O)O. The van der Waals surface area contributed by atoms with Crippen LogP contribution in [0.15, 0.2) is 54.9 Å². The van der Waals surface area contributed by atoms with Gasteiger partial charge in [0.1, 0.15) is 5.78 Å². The first-order valence-electron chi connectivity index (χ1n) is 8.24. The molecule has 126 valence electrons. The van der Waals surface area contributed by atoms with Gasteiger partial charge in [0.05, 0.1) is 5.92 Å². The van der Waals surface area contributed by atoms with Crippen molar-refractivity contribution in [2.24, 2.45) is 11.8 Å². The minimum absolute atomic E-state index is 0.0207.